The molecule has 0 heterocycles. The fourth-order valence-electron chi connectivity index (χ4n) is 1.89. The molecule has 0 aromatic rings. The maximum absolute atomic E-state index is 12.7. The van der Waals surface area contributed by atoms with Crippen LogP contribution < -0.4 is 0 Å². The van der Waals surface area contributed by atoms with Crippen LogP contribution in [0.15, 0.2) is 0 Å². The van der Waals surface area contributed by atoms with Crippen LogP contribution in [0.3, 0.4) is 0 Å². The van der Waals surface area contributed by atoms with E-state index in [-0.39, 0.29) is 6.42 Å². The van der Waals surface area contributed by atoms with Crippen molar-refractivity contribution in [1.29, 1.82) is 0 Å². The molecular formula is C11H16F2O3. The van der Waals surface area contributed by atoms with E-state index in [1.54, 1.807) is 20.8 Å². The zero-order chi connectivity index (χ0) is 12.6. The molecule has 1 fully saturated rings. The number of alkyl halides is 2. The van der Waals surface area contributed by atoms with Gasteiger partial charge in [0, 0.05) is 18.3 Å². The molecule has 0 atom stereocenters. The monoisotopic (exact) mass is 234 g/mol. The lowest BCUT2D eigenvalue weighted by Gasteiger charge is -2.42. The highest BCUT2D eigenvalue weighted by Gasteiger charge is 2.57. The molecule has 16 heavy (non-hydrogen) atoms. The minimum Gasteiger partial charge on any atom is -0.460 e. The number of carbonyl (C=O) groups excluding carboxylic acids is 2. The Labute approximate surface area is 93.2 Å². The van der Waals surface area contributed by atoms with Crippen molar-refractivity contribution >= 4 is 12.3 Å². The van der Waals surface area contributed by atoms with E-state index in [9.17, 15) is 18.4 Å². The van der Waals surface area contributed by atoms with E-state index in [1.807, 2.05) is 0 Å². The zero-order valence-corrected chi connectivity index (χ0v) is 9.68. The summed E-state index contributed by atoms with van der Waals surface area (Å²) in [5, 5.41) is 0. The summed E-state index contributed by atoms with van der Waals surface area (Å²) in [4.78, 5) is 22.2. The van der Waals surface area contributed by atoms with E-state index in [0.717, 1.165) is 0 Å². The first-order valence-electron chi connectivity index (χ1n) is 5.14. The van der Waals surface area contributed by atoms with Gasteiger partial charge in [-0.1, -0.05) is 0 Å². The molecule has 92 valence electrons. The third-order valence-corrected chi connectivity index (χ3v) is 2.39. The molecular weight excluding hydrogens is 218 g/mol. The molecule has 1 aliphatic rings. The third kappa shape index (κ3) is 3.25. The maximum Gasteiger partial charge on any atom is 0.307 e. The fourth-order valence-corrected chi connectivity index (χ4v) is 1.89. The number of hydrogen-bond donors (Lipinski definition) is 0. The van der Waals surface area contributed by atoms with Gasteiger partial charge in [0.05, 0.1) is 6.42 Å². The molecule has 1 aliphatic carbocycles. The predicted molar refractivity (Wildman–Crippen MR) is 53.1 cm³/mol. The van der Waals surface area contributed by atoms with E-state index in [0.29, 0.717) is 6.29 Å². The van der Waals surface area contributed by atoms with Gasteiger partial charge in [-0.3, -0.25) is 4.79 Å². The first-order valence-corrected chi connectivity index (χ1v) is 5.14. The summed E-state index contributed by atoms with van der Waals surface area (Å²) in [5.41, 5.74) is -1.88. The summed E-state index contributed by atoms with van der Waals surface area (Å²) in [6.07, 6.45) is -0.914. The Bertz CT molecular complexity index is 297. The molecule has 1 rings (SSSR count). The minimum absolute atomic E-state index is 0.261. The Kier molecular flexibility index (Phi) is 3.09. The molecule has 0 spiro atoms. The van der Waals surface area contributed by atoms with Crippen molar-refractivity contribution in [3.63, 3.8) is 0 Å². The number of halogens is 2. The fraction of sp³-hybridized carbons (Fsp3) is 0.818. The lowest BCUT2D eigenvalue weighted by molar-refractivity contribution is -0.182. The molecule has 0 unspecified atom stereocenters. The van der Waals surface area contributed by atoms with Crippen molar-refractivity contribution in [2.75, 3.05) is 0 Å². The van der Waals surface area contributed by atoms with Crippen LogP contribution in [0, 0.1) is 5.41 Å². The average molecular weight is 234 g/mol. The Morgan fingerprint density at radius 2 is 1.88 bits per heavy atom. The van der Waals surface area contributed by atoms with Crippen molar-refractivity contribution in [3.8, 4) is 0 Å². The predicted octanol–water partition coefficient (Wildman–Crippen LogP) is 2.33. The van der Waals surface area contributed by atoms with E-state index < -0.39 is 35.7 Å². The summed E-state index contributed by atoms with van der Waals surface area (Å²) < 4.78 is 30.4. The van der Waals surface area contributed by atoms with E-state index in [2.05, 4.69) is 0 Å². The lowest BCUT2D eigenvalue weighted by Crippen LogP contribution is -2.48. The van der Waals surface area contributed by atoms with Crippen molar-refractivity contribution in [1.82, 2.24) is 0 Å². The van der Waals surface area contributed by atoms with Gasteiger partial charge in [0.1, 0.15) is 11.9 Å². The molecule has 0 N–H and O–H groups in total. The number of hydrogen-bond acceptors (Lipinski definition) is 3. The topological polar surface area (TPSA) is 43.4 Å². The Hall–Kier alpha value is -1.00. The van der Waals surface area contributed by atoms with Crippen LogP contribution in [-0.4, -0.2) is 23.8 Å². The quantitative estimate of drug-likeness (QED) is 0.556. The summed E-state index contributed by atoms with van der Waals surface area (Å²) in [7, 11) is 0. The highest BCUT2D eigenvalue weighted by molar-refractivity contribution is 5.77. The van der Waals surface area contributed by atoms with Crippen LogP contribution in [0.5, 0.6) is 0 Å². The van der Waals surface area contributed by atoms with Crippen LogP contribution in [0.2, 0.25) is 0 Å². The SMILES string of the molecule is CC(C)(C)OC(=O)CC1(C=O)CC(F)(F)C1. The van der Waals surface area contributed by atoms with E-state index >= 15 is 0 Å². The summed E-state index contributed by atoms with van der Waals surface area (Å²) in [5.74, 6) is -3.42. The van der Waals surface area contributed by atoms with Crippen LogP contribution in [0.25, 0.3) is 0 Å². The molecule has 0 aliphatic heterocycles. The summed E-state index contributed by atoms with van der Waals surface area (Å²) >= 11 is 0. The van der Waals surface area contributed by atoms with E-state index in [4.69, 9.17) is 4.74 Å². The van der Waals surface area contributed by atoms with Gasteiger partial charge < -0.3 is 9.53 Å². The molecule has 0 bridgehead atoms. The molecule has 0 radical (unpaired) electrons. The van der Waals surface area contributed by atoms with Gasteiger partial charge in [-0.15, -0.1) is 0 Å². The minimum atomic E-state index is -2.82. The number of ether oxygens (including phenoxy) is 1. The maximum atomic E-state index is 12.7. The summed E-state index contributed by atoms with van der Waals surface area (Å²) in [6, 6.07) is 0. The van der Waals surface area contributed by atoms with Crippen molar-refractivity contribution < 1.29 is 23.1 Å². The second-order valence-corrected chi connectivity index (χ2v) is 5.45. The number of aldehydes is 1. The van der Waals surface area contributed by atoms with Crippen molar-refractivity contribution in [2.45, 2.75) is 51.6 Å². The standard InChI is InChI=1S/C11H16F2O3/c1-9(2,3)16-8(15)4-10(7-14)5-11(12,13)6-10/h7H,4-6H2,1-3H3. The largest absolute Gasteiger partial charge is 0.460 e. The second-order valence-electron chi connectivity index (χ2n) is 5.45. The molecule has 1 saturated carbocycles. The van der Waals surface area contributed by atoms with Crippen molar-refractivity contribution in [2.24, 2.45) is 5.41 Å². The smallest absolute Gasteiger partial charge is 0.307 e. The van der Waals surface area contributed by atoms with E-state index in [1.165, 1.54) is 0 Å². The van der Waals surface area contributed by atoms with Gasteiger partial charge in [-0.05, 0) is 20.8 Å². The first-order chi connectivity index (χ1) is 7.08. The van der Waals surface area contributed by atoms with Gasteiger partial charge in [0.2, 0.25) is 5.92 Å². The van der Waals surface area contributed by atoms with Gasteiger partial charge >= 0.3 is 5.97 Å². The lowest BCUT2D eigenvalue weighted by atomic mass is 9.65. The third-order valence-electron chi connectivity index (χ3n) is 2.39. The molecule has 3 nitrogen and oxygen atoms in total. The van der Waals surface area contributed by atoms with Crippen LogP contribution in [-0.2, 0) is 14.3 Å². The molecule has 0 saturated heterocycles. The molecule has 0 aromatic heterocycles. The number of esters is 1. The molecule has 0 amide bonds. The van der Waals surface area contributed by atoms with Crippen molar-refractivity contribution in [3.05, 3.63) is 0 Å². The first kappa shape index (κ1) is 13.1. The van der Waals surface area contributed by atoms with Crippen LogP contribution in [0.1, 0.15) is 40.0 Å². The van der Waals surface area contributed by atoms with Gasteiger partial charge in [0.25, 0.3) is 0 Å². The average Bonchev–Trinajstić information content (AvgIpc) is 1.96. The highest BCUT2D eigenvalue weighted by Crippen LogP contribution is 2.52. The molecule has 0 aromatic carbocycles. The number of carbonyl (C=O) groups is 2. The van der Waals surface area contributed by atoms with Gasteiger partial charge in [0.15, 0.2) is 0 Å². The van der Waals surface area contributed by atoms with Crippen LogP contribution in [0.4, 0.5) is 8.78 Å². The number of rotatable bonds is 3. The zero-order valence-electron chi connectivity index (χ0n) is 9.68. The second kappa shape index (κ2) is 3.79. The van der Waals surface area contributed by atoms with Crippen LogP contribution >= 0.6 is 0 Å². The molecule has 5 heteroatoms. The normalized spacial score (nSPS) is 22.1. The Morgan fingerprint density at radius 3 is 2.19 bits per heavy atom. The summed E-state index contributed by atoms with van der Waals surface area (Å²) in [6.45, 7) is 5.07. The van der Waals surface area contributed by atoms with Gasteiger partial charge in [-0.25, -0.2) is 8.78 Å². The Morgan fingerprint density at radius 1 is 1.38 bits per heavy atom. The Balaban J connectivity index is 2.54. The highest BCUT2D eigenvalue weighted by atomic mass is 19.3. The van der Waals surface area contributed by atoms with Gasteiger partial charge in [-0.2, -0.15) is 0 Å².